The molecule has 2 aromatic carbocycles. The van der Waals surface area contributed by atoms with Gasteiger partial charge in [-0.15, -0.1) is 0 Å². The average molecular weight is 286 g/mol. The third-order valence-corrected chi connectivity index (χ3v) is 3.61. The van der Waals surface area contributed by atoms with Crippen molar-refractivity contribution in [2.24, 2.45) is 0 Å². The number of anilines is 1. The van der Waals surface area contributed by atoms with Crippen LogP contribution in [-0.2, 0) is 0 Å². The van der Waals surface area contributed by atoms with Gasteiger partial charge in [-0.1, -0.05) is 24.3 Å². The Bertz CT molecular complexity index is 625. The highest BCUT2D eigenvalue weighted by atomic mass is 19.1. The highest BCUT2D eigenvalue weighted by molar-refractivity contribution is 5.99. The van der Waals surface area contributed by atoms with Gasteiger partial charge in [0.25, 0.3) is 5.91 Å². The molecule has 0 radical (unpaired) electrons. The van der Waals surface area contributed by atoms with Crippen LogP contribution in [0.25, 0.3) is 0 Å². The van der Waals surface area contributed by atoms with E-state index >= 15 is 0 Å². The summed E-state index contributed by atoms with van der Waals surface area (Å²) in [5, 5.41) is 0. The Kier molecular flexibility index (Phi) is 4.58. The van der Waals surface area contributed by atoms with Crippen molar-refractivity contribution in [3.8, 4) is 0 Å². The predicted molar refractivity (Wildman–Crippen MR) is 82.4 cm³/mol. The first kappa shape index (κ1) is 15.0. The van der Waals surface area contributed by atoms with Gasteiger partial charge in [0, 0.05) is 12.2 Å². The molecule has 0 aliphatic heterocycles. The van der Waals surface area contributed by atoms with Crippen LogP contribution in [0.3, 0.4) is 0 Å². The number of nitrogen functional groups attached to an aromatic ring is 1. The molecule has 0 spiro atoms. The van der Waals surface area contributed by atoms with Crippen molar-refractivity contribution in [3.63, 3.8) is 0 Å². The van der Waals surface area contributed by atoms with Crippen molar-refractivity contribution >= 4 is 11.6 Å². The number of nitrogens with zero attached hydrogens (tertiary/aromatic N) is 1. The predicted octanol–water partition coefficient (Wildman–Crippen LogP) is 3.63. The Morgan fingerprint density at radius 1 is 1.19 bits per heavy atom. The van der Waals surface area contributed by atoms with Gasteiger partial charge in [-0.25, -0.2) is 4.39 Å². The number of hydrogen-bond donors (Lipinski definition) is 1. The Balaban J connectivity index is 2.29. The molecule has 0 aromatic heterocycles. The van der Waals surface area contributed by atoms with Gasteiger partial charge in [0.1, 0.15) is 5.82 Å². The number of hydrogen-bond acceptors (Lipinski definition) is 2. The fraction of sp³-hybridized carbons (Fsp3) is 0.235. The zero-order valence-electron chi connectivity index (χ0n) is 12.2. The highest BCUT2D eigenvalue weighted by Gasteiger charge is 2.22. The number of benzene rings is 2. The smallest absolute Gasteiger partial charge is 0.256 e. The zero-order chi connectivity index (χ0) is 15.4. The molecule has 21 heavy (non-hydrogen) atoms. The van der Waals surface area contributed by atoms with Gasteiger partial charge in [0.2, 0.25) is 0 Å². The first-order valence-corrected chi connectivity index (χ1v) is 6.95. The van der Waals surface area contributed by atoms with E-state index in [-0.39, 0.29) is 17.8 Å². The van der Waals surface area contributed by atoms with E-state index in [1.807, 2.05) is 13.8 Å². The Morgan fingerprint density at radius 2 is 1.81 bits per heavy atom. The van der Waals surface area contributed by atoms with Crippen LogP contribution in [0.2, 0.25) is 0 Å². The number of nitrogens with two attached hydrogens (primary N) is 1. The largest absolute Gasteiger partial charge is 0.398 e. The van der Waals surface area contributed by atoms with Crippen LogP contribution in [0, 0.1) is 5.82 Å². The maximum Gasteiger partial charge on any atom is 0.256 e. The van der Waals surface area contributed by atoms with E-state index in [4.69, 9.17) is 5.73 Å². The Morgan fingerprint density at radius 3 is 2.38 bits per heavy atom. The van der Waals surface area contributed by atoms with Gasteiger partial charge in [0.05, 0.1) is 11.6 Å². The van der Waals surface area contributed by atoms with Gasteiger partial charge in [-0.2, -0.15) is 0 Å². The minimum absolute atomic E-state index is 0.118. The number of para-hydroxylation sites is 1. The number of carbonyl (C=O) groups is 1. The number of rotatable bonds is 4. The van der Waals surface area contributed by atoms with Crippen LogP contribution >= 0.6 is 0 Å². The van der Waals surface area contributed by atoms with E-state index in [2.05, 4.69) is 0 Å². The minimum Gasteiger partial charge on any atom is -0.398 e. The molecule has 3 nitrogen and oxygen atoms in total. The molecule has 2 N–H and O–H groups in total. The topological polar surface area (TPSA) is 46.3 Å². The molecule has 0 aliphatic rings. The molecule has 1 atom stereocenters. The van der Waals surface area contributed by atoms with Crippen molar-refractivity contribution in [1.82, 2.24) is 4.90 Å². The van der Waals surface area contributed by atoms with Crippen LogP contribution < -0.4 is 5.73 Å². The fourth-order valence-corrected chi connectivity index (χ4v) is 2.36. The van der Waals surface area contributed by atoms with Crippen molar-refractivity contribution in [2.45, 2.75) is 19.9 Å². The van der Waals surface area contributed by atoms with E-state index in [0.717, 1.165) is 5.56 Å². The molecule has 2 rings (SSSR count). The van der Waals surface area contributed by atoms with E-state index in [1.54, 1.807) is 41.3 Å². The lowest BCUT2D eigenvalue weighted by molar-refractivity contribution is 0.0703. The third-order valence-electron chi connectivity index (χ3n) is 3.61. The first-order valence-electron chi connectivity index (χ1n) is 6.95. The standard InChI is InChI=1S/C17H19FN2O/c1-3-20(12(2)13-8-10-14(18)11-9-13)17(21)15-6-4-5-7-16(15)19/h4-12H,3,19H2,1-2H3. The summed E-state index contributed by atoms with van der Waals surface area (Å²) in [7, 11) is 0. The molecule has 2 aromatic rings. The quantitative estimate of drug-likeness (QED) is 0.872. The summed E-state index contributed by atoms with van der Waals surface area (Å²) < 4.78 is 13.0. The molecule has 110 valence electrons. The number of halogens is 1. The minimum atomic E-state index is -0.285. The molecular weight excluding hydrogens is 267 g/mol. The van der Waals surface area contributed by atoms with Crippen molar-refractivity contribution in [1.29, 1.82) is 0 Å². The molecule has 4 heteroatoms. The lowest BCUT2D eigenvalue weighted by Crippen LogP contribution is -2.33. The Hall–Kier alpha value is -2.36. The molecule has 0 bridgehead atoms. The molecule has 0 heterocycles. The van der Waals surface area contributed by atoms with E-state index in [0.29, 0.717) is 17.8 Å². The maximum atomic E-state index is 13.0. The first-order chi connectivity index (χ1) is 10.0. The van der Waals surface area contributed by atoms with Crippen LogP contribution in [-0.4, -0.2) is 17.4 Å². The molecule has 0 fully saturated rings. The molecule has 0 aliphatic carbocycles. The summed E-state index contributed by atoms with van der Waals surface area (Å²) in [6.07, 6.45) is 0. The molecule has 1 amide bonds. The molecule has 0 saturated carbocycles. The van der Waals surface area contributed by atoms with Gasteiger partial charge in [-0.3, -0.25) is 4.79 Å². The number of amides is 1. The summed E-state index contributed by atoms with van der Waals surface area (Å²) in [6.45, 7) is 4.39. The molecule has 1 unspecified atom stereocenters. The lowest BCUT2D eigenvalue weighted by atomic mass is 10.0. The van der Waals surface area contributed by atoms with Crippen LogP contribution in [0.5, 0.6) is 0 Å². The van der Waals surface area contributed by atoms with Crippen LogP contribution in [0.15, 0.2) is 48.5 Å². The van der Waals surface area contributed by atoms with E-state index < -0.39 is 0 Å². The second-order valence-electron chi connectivity index (χ2n) is 4.91. The average Bonchev–Trinajstić information content (AvgIpc) is 2.49. The summed E-state index contributed by atoms with van der Waals surface area (Å²) in [5.74, 6) is -0.403. The fourth-order valence-electron chi connectivity index (χ4n) is 2.36. The zero-order valence-corrected chi connectivity index (χ0v) is 12.2. The second-order valence-corrected chi connectivity index (χ2v) is 4.91. The van der Waals surface area contributed by atoms with Crippen molar-refractivity contribution < 1.29 is 9.18 Å². The van der Waals surface area contributed by atoms with Crippen LogP contribution in [0.4, 0.5) is 10.1 Å². The van der Waals surface area contributed by atoms with Gasteiger partial charge in [-0.05, 0) is 43.7 Å². The van der Waals surface area contributed by atoms with E-state index in [9.17, 15) is 9.18 Å². The Labute approximate surface area is 124 Å². The summed E-state index contributed by atoms with van der Waals surface area (Å²) >= 11 is 0. The maximum absolute atomic E-state index is 13.0. The van der Waals surface area contributed by atoms with Gasteiger partial charge >= 0.3 is 0 Å². The van der Waals surface area contributed by atoms with Crippen molar-refractivity contribution in [3.05, 3.63) is 65.5 Å². The van der Waals surface area contributed by atoms with Gasteiger partial charge in [0.15, 0.2) is 0 Å². The number of carbonyl (C=O) groups excluding carboxylic acids is 1. The lowest BCUT2D eigenvalue weighted by Gasteiger charge is -2.29. The summed E-state index contributed by atoms with van der Waals surface area (Å²) in [6, 6.07) is 13.1. The highest BCUT2D eigenvalue weighted by Crippen LogP contribution is 2.24. The van der Waals surface area contributed by atoms with Crippen LogP contribution in [0.1, 0.15) is 35.8 Å². The van der Waals surface area contributed by atoms with Crippen molar-refractivity contribution in [2.75, 3.05) is 12.3 Å². The summed E-state index contributed by atoms with van der Waals surface area (Å²) in [4.78, 5) is 14.4. The normalized spacial score (nSPS) is 12.0. The summed E-state index contributed by atoms with van der Waals surface area (Å²) in [5.41, 5.74) is 7.72. The molecular formula is C17H19FN2O. The molecule has 0 saturated heterocycles. The third kappa shape index (κ3) is 3.21. The monoisotopic (exact) mass is 286 g/mol. The van der Waals surface area contributed by atoms with E-state index in [1.165, 1.54) is 12.1 Å². The second kappa shape index (κ2) is 6.39. The SMILES string of the molecule is CCN(C(=O)c1ccccc1N)C(C)c1ccc(F)cc1. The van der Waals surface area contributed by atoms with Gasteiger partial charge < -0.3 is 10.6 Å².